The quantitative estimate of drug-likeness (QED) is 0.455. The van der Waals surface area contributed by atoms with Crippen LogP contribution in [0.4, 0.5) is 0 Å². The van der Waals surface area contributed by atoms with Crippen molar-refractivity contribution in [1.82, 2.24) is 0 Å². The first-order valence-corrected chi connectivity index (χ1v) is 9.10. The number of unbranched alkanes of at least 4 members (excludes halogenated alkanes) is 4. The molecule has 0 heterocycles. The molecule has 0 bridgehead atoms. The summed E-state index contributed by atoms with van der Waals surface area (Å²) in [7, 11) is 0. The molecule has 0 radical (unpaired) electrons. The van der Waals surface area contributed by atoms with E-state index in [1.165, 1.54) is 47.9 Å². The molecule has 0 aromatic heterocycles. The van der Waals surface area contributed by atoms with Crippen molar-refractivity contribution >= 4 is 0 Å². The van der Waals surface area contributed by atoms with Crippen LogP contribution in [0.2, 0.25) is 0 Å². The van der Waals surface area contributed by atoms with Gasteiger partial charge in [-0.3, -0.25) is 0 Å². The van der Waals surface area contributed by atoms with Gasteiger partial charge >= 0.3 is 0 Å². The zero-order valence-corrected chi connectivity index (χ0v) is 14.8. The standard InChI is InChI=1S/C23H26O/c1-3-5-6-7-12-18-24-23(17-4-2)21-15-10-8-13-19(21)20-14-9-11-16-22(20)23/h8-11,13-16H,3,5-7,12,18H2,1-2H3. The molecule has 0 fully saturated rings. The first-order chi connectivity index (χ1) is 11.8. The molecule has 0 unspecified atom stereocenters. The lowest BCUT2D eigenvalue weighted by Crippen LogP contribution is -2.27. The minimum Gasteiger partial charge on any atom is -0.354 e. The number of rotatable bonds is 7. The van der Waals surface area contributed by atoms with Crippen LogP contribution in [0.1, 0.15) is 57.1 Å². The van der Waals surface area contributed by atoms with E-state index in [1.807, 2.05) is 6.92 Å². The summed E-state index contributed by atoms with van der Waals surface area (Å²) in [4.78, 5) is 0. The van der Waals surface area contributed by atoms with Crippen LogP contribution in [-0.2, 0) is 10.3 Å². The minimum absolute atomic E-state index is 0.604. The van der Waals surface area contributed by atoms with Crippen LogP contribution in [-0.4, -0.2) is 6.61 Å². The van der Waals surface area contributed by atoms with Crippen molar-refractivity contribution < 1.29 is 4.74 Å². The highest BCUT2D eigenvalue weighted by Crippen LogP contribution is 2.49. The molecule has 0 saturated carbocycles. The highest BCUT2D eigenvalue weighted by atomic mass is 16.5. The lowest BCUT2D eigenvalue weighted by Gasteiger charge is -2.27. The molecule has 24 heavy (non-hydrogen) atoms. The van der Waals surface area contributed by atoms with Crippen LogP contribution < -0.4 is 0 Å². The summed E-state index contributed by atoms with van der Waals surface area (Å²) in [5.41, 5.74) is 4.28. The highest BCUT2D eigenvalue weighted by Gasteiger charge is 2.42. The van der Waals surface area contributed by atoms with Gasteiger partial charge in [-0.15, -0.1) is 5.92 Å². The Labute approximate surface area is 146 Å². The van der Waals surface area contributed by atoms with E-state index >= 15 is 0 Å². The maximum Gasteiger partial charge on any atom is 0.180 e. The predicted octanol–water partition coefficient (Wildman–Crippen LogP) is 5.92. The molecule has 124 valence electrons. The second-order valence-electron chi connectivity index (χ2n) is 6.41. The minimum atomic E-state index is -0.604. The molecule has 2 aromatic rings. The van der Waals surface area contributed by atoms with Gasteiger partial charge in [-0.1, -0.05) is 87.1 Å². The van der Waals surface area contributed by atoms with Gasteiger partial charge in [-0.05, 0) is 24.5 Å². The Morgan fingerprint density at radius 3 is 2.00 bits per heavy atom. The summed E-state index contributed by atoms with van der Waals surface area (Å²) in [6.07, 6.45) is 6.20. The largest absolute Gasteiger partial charge is 0.354 e. The first-order valence-electron chi connectivity index (χ1n) is 9.10. The van der Waals surface area contributed by atoms with Crippen molar-refractivity contribution in [3.63, 3.8) is 0 Å². The predicted molar refractivity (Wildman–Crippen MR) is 101 cm³/mol. The molecule has 0 amide bonds. The van der Waals surface area contributed by atoms with Crippen molar-refractivity contribution in [3.8, 4) is 23.0 Å². The number of fused-ring (bicyclic) bond motifs is 3. The summed E-state index contributed by atoms with van der Waals surface area (Å²) in [5.74, 6) is 6.52. The van der Waals surface area contributed by atoms with Gasteiger partial charge < -0.3 is 4.74 Å². The number of benzene rings is 2. The molecule has 0 aliphatic heterocycles. The van der Waals surface area contributed by atoms with E-state index in [2.05, 4.69) is 67.3 Å². The summed E-state index contributed by atoms with van der Waals surface area (Å²) < 4.78 is 6.49. The van der Waals surface area contributed by atoms with Gasteiger partial charge in [0.1, 0.15) is 0 Å². The van der Waals surface area contributed by atoms with Crippen molar-refractivity contribution in [2.45, 2.75) is 51.6 Å². The molecule has 1 nitrogen and oxygen atoms in total. The first kappa shape index (κ1) is 16.8. The molecule has 1 aliphatic carbocycles. The molecule has 0 saturated heterocycles. The molecule has 2 aromatic carbocycles. The summed E-state index contributed by atoms with van der Waals surface area (Å²) in [6, 6.07) is 17.0. The summed E-state index contributed by atoms with van der Waals surface area (Å²) in [5, 5.41) is 0. The molecule has 0 N–H and O–H groups in total. The maximum absolute atomic E-state index is 6.49. The van der Waals surface area contributed by atoms with E-state index in [4.69, 9.17) is 4.74 Å². The Balaban J connectivity index is 1.90. The number of hydrogen-bond donors (Lipinski definition) is 0. The SMILES string of the molecule is CC#CC1(OCCCCCCC)c2ccccc2-c2ccccc21. The third-order valence-corrected chi connectivity index (χ3v) is 4.77. The van der Waals surface area contributed by atoms with E-state index in [0.717, 1.165) is 13.0 Å². The van der Waals surface area contributed by atoms with Crippen LogP contribution in [0.3, 0.4) is 0 Å². The van der Waals surface area contributed by atoms with Gasteiger partial charge in [0.05, 0.1) is 0 Å². The van der Waals surface area contributed by atoms with Crippen LogP contribution in [0, 0.1) is 11.8 Å². The number of ether oxygens (including phenoxy) is 1. The average molecular weight is 318 g/mol. The van der Waals surface area contributed by atoms with Gasteiger partial charge in [0.25, 0.3) is 0 Å². The van der Waals surface area contributed by atoms with Crippen LogP contribution >= 0.6 is 0 Å². The fourth-order valence-electron chi connectivity index (χ4n) is 3.63. The highest BCUT2D eigenvalue weighted by molar-refractivity contribution is 5.82. The molecule has 1 heteroatoms. The Hall–Kier alpha value is -2.04. The number of hydrogen-bond acceptors (Lipinski definition) is 1. The van der Waals surface area contributed by atoms with Gasteiger partial charge in [0.2, 0.25) is 0 Å². The van der Waals surface area contributed by atoms with Crippen molar-refractivity contribution in [2.75, 3.05) is 6.61 Å². The van der Waals surface area contributed by atoms with Crippen molar-refractivity contribution in [3.05, 3.63) is 59.7 Å². The second-order valence-corrected chi connectivity index (χ2v) is 6.41. The molecular formula is C23H26O. The van der Waals surface area contributed by atoms with E-state index in [0.29, 0.717) is 0 Å². The Kier molecular flexibility index (Phi) is 5.38. The van der Waals surface area contributed by atoms with Crippen LogP contribution in [0.5, 0.6) is 0 Å². The Bertz CT molecular complexity index is 702. The third-order valence-electron chi connectivity index (χ3n) is 4.77. The normalized spacial score (nSPS) is 13.8. The van der Waals surface area contributed by atoms with Gasteiger partial charge in [0.15, 0.2) is 5.60 Å². The molecule has 3 rings (SSSR count). The zero-order valence-electron chi connectivity index (χ0n) is 14.8. The Morgan fingerprint density at radius 2 is 1.42 bits per heavy atom. The monoisotopic (exact) mass is 318 g/mol. The fraction of sp³-hybridized carbons (Fsp3) is 0.391. The van der Waals surface area contributed by atoms with Gasteiger partial charge in [0, 0.05) is 17.7 Å². The van der Waals surface area contributed by atoms with Gasteiger partial charge in [-0.25, -0.2) is 0 Å². The molecule has 1 aliphatic rings. The van der Waals surface area contributed by atoms with E-state index in [-0.39, 0.29) is 0 Å². The lowest BCUT2D eigenvalue weighted by atomic mass is 9.91. The topological polar surface area (TPSA) is 9.23 Å². The molecule has 0 spiro atoms. The van der Waals surface area contributed by atoms with Crippen LogP contribution in [0.25, 0.3) is 11.1 Å². The maximum atomic E-state index is 6.49. The summed E-state index contributed by atoms with van der Waals surface area (Å²) in [6.45, 7) is 4.89. The molecule has 0 atom stereocenters. The summed E-state index contributed by atoms with van der Waals surface area (Å²) >= 11 is 0. The van der Waals surface area contributed by atoms with E-state index in [9.17, 15) is 0 Å². The smallest absolute Gasteiger partial charge is 0.180 e. The van der Waals surface area contributed by atoms with E-state index in [1.54, 1.807) is 0 Å². The Morgan fingerprint density at radius 1 is 0.833 bits per heavy atom. The van der Waals surface area contributed by atoms with Crippen LogP contribution in [0.15, 0.2) is 48.5 Å². The zero-order chi connectivity index (χ0) is 16.8. The third kappa shape index (κ3) is 2.99. The van der Waals surface area contributed by atoms with Crippen molar-refractivity contribution in [1.29, 1.82) is 0 Å². The van der Waals surface area contributed by atoms with Crippen molar-refractivity contribution in [2.24, 2.45) is 0 Å². The lowest BCUT2D eigenvalue weighted by molar-refractivity contribution is 0.0271. The van der Waals surface area contributed by atoms with Gasteiger partial charge in [-0.2, -0.15) is 0 Å². The molecular weight excluding hydrogens is 292 g/mol. The fourth-order valence-corrected chi connectivity index (χ4v) is 3.63. The average Bonchev–Trinajstić information content (AvgIpc) is 2.90. The second kappa shape index (κ2) is 7.69. The van der Waals surface area contributed by atoms with E-state index < -0.39 is 5.60 Å².